The number of amides is 1. The van der Waals surface area contributed by atoms with Gasteiger partial charge in [0.15, 0.2) is 0 Å². The molecule has 0 fully saturated rings. The summed E-state index contributed by atoms with van der Waals surface area (Å²) in [6.07, 6.45) is 9.94. The van der Waals surface area contributed by atoms with E-state index in [1.54, 1.807) is 41.5 Å². The van der Waals surface area contributed by atoms with Crippen LogP contribution in [0, 0.1) is 0 Å². The van der Waals surface area contributed by atoms with Crippen molar-refractivity contribution in [3.8, 4) is 5.75 Å². The highest BCUT2D eigenvalue weighted by atomic mass is 19.3. The molecule has 28 heavy (non-hydrogen) atoms. The van der Waals surface area contributed by atoms with E-state index in [9.17, 15) is 13.6 Å². The Hall–Kier alpha value is -3.49. The number of carbonyl (C=O) groups is 1. The van der Waals surface area contributed by atoms with E-state index >= 15 is 0 Å². The van der Waals surface area contributed by atoms with Crippen LogP contribution in [0.15, 0.2) is 55.1 Å². The second kappa shape index (κ2) is 8.94. The van der Waals surface area contributed by atoms with E-state index in [0.717, 1.165) is 12.1 Å². The third-order valence-electron chi connectivity index (χ3n) is 3.79. The lowest BCUT2D eigenvalue weighted by molar-refractivity contribution is -0.111. The summed E-state index contributed by atoms with van der Waals surface area (Å²) in [5.74, 6) is -0.264. The summed E-state index contributed by atoms with van der Waals surface area (Å²) in [6.45, 7) is 0.501. The number of ether oxygens (including phenoxy) is 1. The molecule has 3 rings (SSSR count). The molecule has 0 aliphatic rings. The highest BCUT2D eigenvalue weighted by molar-refractivity contribution is 6.01. The molecule has 0 spiro atoms. The van der Waals surface area contributed by atoms with Crippen molar-refractivity contribution in [2.24, 2.45) is 0 Å². The van der Waals surface area contributed by atoms with Crippen LogP contribution in [0.2, 0.25) is 0 Å². The predicted molar refractivity (Wildman–Crippen MR) is 100.0 cm³/mol. The Morgan fingerprint density at radius 2 is 1.93 bits per heavy atom. The third-order valence-corrected chi connectivity index (χ3v) is 3.79. The largest absolute Gasteiger partial charge is 0.435 e. The van der Waals surface area contributed by atoms with Gasteiger partial charge in [0.25, 0.3) is 0 Å². The summed E-state index contributed by atoms with van der Waals surface area (Å²) in [5, 5.41) is 11.1. The van der Waals surface area contributed by atoms with Crippen LogP contribution >= 0.6 is 0 Å². The van der Waals surface area contributed by atoms with E-state index in [-0.39, 0.29) is 11.7 Å². The van der Waals surface area contributed by atoms with E-state index in [4.69, 9.17) is 0 Å². The van der Waals surface area contributed by atoms with Crippen LogP contribution < -0.4 is 10.1 Å². The molecule has 1 aromatic carbocycles. The van der Waals surface area contributed by atoms with Gasteiger partial charge in [-0.15, -0.1) is 0 Å². The molecule has 2 heterocycles. The molecule has 0 saturated carbocycles. The lowest BCUT2D eigenvalue weighted by Gasteiger charge is -2.03. The van der Waals surface area contributed by atoms with Crippen molar-refractivity contribution in [2.45, 2.75) is 26.6 Å². The number of alkyl halides is 2. The van der Waals surface area contributed by atoms with E-state index in [0.29, 0.717) is 17.8 Å². The van der Waals surface area contributed by atoms with Gasteiger partial charge in [0.1, 0.15) is 5.75 Å². The molecule has 2 aromatic heterocycles. The average molecular weight is 387 g/mol. The Kier molecular flexibility index (Phi) is 6.15. The molecule has 7 nitrogen and oxygen atoms in total. The zero-order valence-electron chi connectivity index (χ0n) is 15.1. The lowest BCUT2D eigenvalue weighted by atomic mass is 10.2. The van der Waals surface area contributed by atoms with Crippen LogP contribution in [-0.4, -0.2) is 32.1 Å². The topological polar surface area (TPSA) is 74.0 Å². The Morgan fingerprint density at radius 1 is 1.18 bits per heavy atom. The van der Waals surface area contributed by atoms with Crippen molar-refractivity contribution in [1.82, 2.24) is 19.6 Å². The van der Waals surface area contributed by atoms with Gasteiger partial charge in [0.05, 0.1) is 24.6 Å². The number of nitrogens with zero attached hydrogens (tertiary/aromatic N) is 4. The minimum Gasteiger partial charge on any atom is -0.435 e. The summed E-state index contributed by atoms with van der Waals surface area (Å²) in [5.41, 5.74) is 2.26. The number of benzene rings is 1. The van der Waals surface area contributed by atoms with E-state index in [1.807, 2.05) is 17.8 Å². The lowest BCUT2D eigenvalue weighted by Crippen LogP contribution is -2.07. The average Bonchev–Trinajstić information content (AvgIpc) is 3.30. The van der Waals surface area contributed by atoms with Crippen LogP contribution in [0.3, 0.4) is 0 Å². The maximum absolute atomic E-state index is 12.1. The first-order valence-corrected chi connectivity index (χ1v) is 8.59. The quantitative estimate of drug-likeness (QED) is 0.601. The zero-order chi connectivity index (χ0) is 19.9. The summed E-state index contributed by atoms with van der Waals surface area (Å²) < 4.78 is 32.1. The number of hydrogen-bond donors (Lipinski definition) is 1. The molecule has 146 valence electrons. The number of hydrogen-bond acceptors (Lipinski definition) is 4. The van der Waals surface area contributed by atoms with Gasteiger partial charge in [0.2, 0.25) is 5.91 Å². The van der Waals surface area contributed by atoms with Crippen LogP contribution in [0.5, 0.6) is 5.75 Å². The molecule has 0 bridgehead atoms. The molecule has 0 radical (unpaired) electrons. The fourth-order valence-electron chi connectivity index (χ4n) is 2.48. The number of rotatable bonds is 8. The van der Waals surface area contributed by atoms with Crippen molar-refractivity contribution in [3.05, 3.63) is 66.3 Å². The van der Waals surface area contributed by atoms with Crippen LogP contribution in [0.1, 0.15) is 18.1 Å². The van der Waals surface area contributed by atoms with Gasteiger partial charge in [-0.05, 0) is 30.7 Å². The summed E-state index contributed by atoms with van der Waals surface area (Å²) in [4.78, 5) is 12.0. The second-order valence-electron chi connectivity index (χ2n) is 5.90. The Labute approximate surface area is 160 Å². The molecule has 0 atom stereocenters. The van der Waals surface area contributed by atoms with Crippen LogP contribution in [0.25, 0.3) is 6.08 Å². The van der Waals surface area contributed by atoms with Crippen molar-refractivity contribution in [1.29, 1.82) is 0 Å². The standard InChI is InChI=1S/C19H19F2N5O2/c1-2-25-11-15(9-22-25)12-26-13-16(10-23-26)24-18(27)8-5-14-3-6-17(7-4-14)28-19(20)21/h3-11,13,19H,2,12H2,1H3,(H,24,27)/b8-5-. The zero-order valence-corrected chi connectivity index (χ0v) is 15.1. The van der Waals surface area contributed by atoms with Crippen molar-refractivity contribution in [2.75, 3.05) is 5.32 Å². The summed E-state index contributed by atoms with van der Waals surface area (Å²) in [6, 6.07) is 5.98. The van der Waals surface area contributed by atoms with Crippen LogP contribution in [-0.2, 0) is 17.9 Å². The highest BCUT2D eigenvalue weighted by Crippen LogP contribution is 2.16. The highest BCUT2D eigenvalue weighted by Gasteiger charge is 2.05. The van der Waals surface area contributed by atoms with Crippen molar-refractivity contribution < 1.29 is 18.3 Å². The molecule has 1 N–H and O–H groups in total. The van der Waals surface area contributed by atoms with Gasteiger partial charge in [-0.25, -0.2) is 0 Å². The number of aryl methyl sites for hydroxylation is 1. The fraction of sp³-hybridized carbons (Fsp3) is 0.211. The summed E-state index contributed by atoms with van der Waals surface area (Å²) >= 11 is 0. The van der Waals surface area contributed by atoms with Gasteiger partial charge in [0, 0.05) is 30.6 Å². The SMILES string of the molecule is CCn1cc(Cn2cc(NC(=O)/C=C\c3ccc(OC(F)F)cc3)cn2)cn1. The molecule has 3 aromatic rings. The minimum atomic E-state index is -2.86. The Balaban J connectivity index is 1.53. The van der Waals surface area contributed by atoms with Gasteiger partial charge in [-0.1, -0.05) is 12.1 Å². The number of aromatic nitrogens is 4. The normalized spacial score (nSPS) is 11.3. The van der Waals surface area contributed by atoms with Gasteiger partial charge in [-0.3, -0.25) is 14.2 Å². The second-order valence-corrected chi connectivity index (χ2v) is 5.90. The maximum atomic E-state index is 12.1. The van der Waals surface area contributed by atoms with Gasteiger partial charge in [-0.2, -0.15) is 19.0 Å². The molecular formula is C19H19F2N5O2. The van der Waals surface area contributed by atoms with Gasteiger partial charge < -0.3 is 10.1 Å². The Bertz CT molecular complexity index is 947. The molecule has 0 aliphatic heterocycles. The van der Waals surface area contributed by atoms with Crippen LogP contribution in [0.4, 0.5) is 14.5 Å². The molecular weight excluding hydrogens is 368 g/mol. The first-order valence-electron chi connectivity index (χ1n) is 8.59. The summed E-state index contributed by atoms with van der Waals surface area (Å²) in [7, 11) is 0. The van der Waals surface area contributed by atoms with E-state index in [1.165, 1.54) is 18.2 Å². The number of anilines is 1. The third kappa shape index (κ3) is 5.50. The predicted octanol–water partition coefficient (Wildman–Crippen LogP) is 3.40. The smallest absolute Gasteiger partial charge is 0.387 e. The minimum absolute atomic E-state index is 0.0634. The molecule has 1 amide bonds. The van der Waals surface area contributed by atoms with Crippen molar-refractivity contribution >= 4 is 17.7 Å². The molecule has 0 saturated heterocycles. The van der Waals surface area contributed by atoms with E-state index < -0.39 is 6.61 Å². The molecule has 0 aliphatic carbocycles. The fourth-order valence-corrected chi connectivity index (χ4v) is 2.48. The number of halogens is 2. The van der Waals surface area contributed by atoms with E-state index in [2.05, 4.69) is 20.3 Å². The first-order chi connectivity index (χ1) is 13.5. The monoisotopic (exact) mass is 387 g/mol. The molecule has 0 unspecified atom stereocenters. The number of nitrogens with one attached hydrogen (secondary N) is 1. The molecule has 9 heteroatoms. The maximum Gasteiger partial charge on any atom is 0.387 e. The van der Waals surface area contributed by atoms with Crippen molar-refractivity contribution in [3.63, 3.8) is 0 Å². The number of carbonyl (C=O) groups excluding carboxylic acids is 1. The van der Waals surface area contributed by atoms with Gasteiger partial charge >= 0.3 is 6.61 Å². The Morgan fingerprint density at radius 3 is 2.61 bits per heavy atom. The first kappa shape index (κ1) is 19.3.